The van der Waals surface area contributed by atoms with E-state index in [-0.39, 0.29) is 0 Å². The smallest absolute Gasteiger partial charge is 0.213 e. The number of pyridine rings is 1. The highest BCUT2D eigenvalue weighted by atomic mass is 16.5. The van der Waals surface area contributed by atoms with Gasteiger partial charge in [0.25, 0.3) is 0 Å². The summed E-state index contributed by atoms with van der Waals surface area (Å²) in [6.45, 7) is 5.65. The number of rotatable bonds is 6. The molecule has 1 aromatic rings. The zero-order valence-electron chi connectivity index (χ0n) is 11.3. The lowest BCUT2D eigenvalue weighted by atomic mass is 10.1. The van der Waals surface area contributed by atoms with Gasteiger partial charge in [-0.25, -0.2) is 9.98 Å². The summed E-state index contributed by atoms with van der Waals surface area (Å²) < 4.78 is 5.05. The van der Waals surface area contributed by atoms with Crippen molar-refractivity contribution in [3.63, 3.8) is 0 Å². The zero-order valence-corrected chi connectivity index (χ0v) is 11.3. The van der Waals surface area contributed by atoms with Gasteiger partial charge in [0.2, 0.25) is 5.88 Å². The average molecular weight is 250 g/mol. The molecule has 0 aromatic carbocycles. The van der Waals surface area contributed by atoms with Gasteiger partial charge in [-0.3, -0.25) is 0 Å². The van der Waals surface area contributed by atoms with Gasteiger partial charge in [0, 0.05) is 12.6 Å². The van der Waals surface area contributed by atoms with E-state index in [1.54, 1.807) is 13.2 Å². The van der Waals surface area contributed by atoms with Crippen LogP contribution < -0.4 is 15.8 Å². The lowest BCUT2D eigenvalue weighted by Crippen LogP contribution is -2.32. The van der Waals surface area contributed by atoms with Gasteiger partial charge in [-0.2, -0.15) is 0 Å². The SMILES string of the molecule is COc1cccc(CN=C(N)NCCC(C)C)n1. The minimum Gasteiger partial charge on any atom is -0.481 e. The highest BCUT2D eigenvalue weighted by Gasteiger charge is 1.98. The van der Waals surface area contributed by atoms with E-state index >= 15 is 0 Å². The Morgan fingerprint density at radius 2 is 2.28 bits per heavy atom. The van der Waals surface area contributed by atoms with Crippen molar-refractivity contribution in [3.8, 4) is 5.88 Å². The highest BCUT2D eigenvalue weighted by Crippen LogP contribution is 2.07. The Balaban J connectivity index is 2.41. The summed E-state index contributed by atoms with van der Waals surface area (Å²) in [5, 5.41) is 3.08. The number of hydrogen-bond acceptors (Lipinski definition) is 3. The van der Waals surface area contributed by atoms with Gasteiger partial charge in [-0.15, -0.1) is 0 Å². The van der Waals surface area contributed by atoms with E-state index in [0.717, 1.165) is 18.7 Å². The van der Waals surface area contributed by atoms with Gasteiger partial charge in [0.15, 0.2) is 5.96 Å². The number of hydrogen-bond donors (Lipinski definition) is 2. The predicted molar refractivity (Wildman–Crippen MR) is 73.6 cm³/mol. The minimum absolute atomic E-state index is 0.456. The van der Waals surface area contributed by atoms with E-state index in [1.165, 1.54) is 0 Å². The van der Waals surface area contributed by atoms with E-state index in [4.69, 9.17) is 10.5 Å². The van der Waals surface area contributed by atoms with E-state index in [2.05, 4.69) is 29.1 Å². The zero-order chi connectivity index (χ0) is 13.4. The number of aromatic nitrogens is 1. The Kier molecular flexibility index (Phi) is 5.97. The summed E-state index contributed by atoms with van der Waals surface area (Å²) in [6.07, 6.45) is 1.08. The fourth-order valence-electron chi connectivity index (χ4n) is 1.37. The van der Waals surface area contributed by atoms with Crippen LogP contribution in [0.3, 0.4) is 0 Å². The maximum atomic E-state index is 5.76. The maximum Gasteiger partial charge on any atom is 0.213 e. The van der Waals surface area contributed by atoms with Crippen LogP contribution in [0.15, 0.2) is 23.2 Å². The summed E-state index contributed by atoms with van der Waals surface area (Å²) in [5.41, 5.74) is 6.59. The van der Waals surface area contributed by atoms with Crippen molar-refractivity contribution in [2.75, 3.05) is 13.7 Å². The molecule has 0 atom stereocenters. The van der Waals surface area contributed by atoms with Crippen LogP contribution in [0, 0.1) is 5.92 Å². The van der Waals surface area contributed by atoms with Crippen LogP contribution in [-0.4, -0.2) is 24.6 Å². The first-order valence-electron chi connectivity index (χ1n) is 6.15. The lowest BCUT2D eigenvalue weighted by Gasteiger charge is -2.07. The van der Waals surface area contributed by atoms with Crippen LogP contribution >= 0.6 is 0 Å². The van der Waals surface area contributed by atoms with Crippen LogP contribution in [0.4, 0.5) is 0 Å². The number of ether oxygens (including phenoxy) is 1. The summed E-state index contributed by atoms with van der Waals surface area (Å²) in [5.74, 6) is 1.71. The number of nitrogens with one attached hydrogen (secondary N) is 1. The van der Waals surface area contributed by atoms with Gasteiger partial charge in [-0.1, -0.05) is 19.9 Å². The second kappa shape index (κ2) is 7.53. The first-order valence-corrected chi connectivity index (χ1v) is 6.15. The third-order valence-corrected chi connectivity index (χ3v) is 2.43. The van der Waals surface area contributed by atoms with Crippen molar-refractivity contribution < 1.29 is 4.74 Å². The molecule has 0 unspecified atom stereocenters. The van der Waals surface area contributed by atoms with Crippen molar-refractivity contribution >= 4 is 5.96 Å². The highest BCUT2D eigenvalue weighted by molar-refractivity contribution is 5.77. The van der Waals surface area contributed by atoms with Gasteiger partial charge in [0.1, 0.15) is 0 Å². The molecule has 18 heavy (non-hydrogen) atoms. The quantitative estimate of drug-likeness (QED) is 0.593. The molecule has 0 amide bonds. The van der Waals surface area contributed by atoms with Crippen molar-refractivity contribution in [2.45, 2.75) is 26.8 Å². The first kappa shape index (κ1) is 14.3. The standard InChI is InChI=1S/C13H22N4O/c1-10(2)7-8-15-13(14)16-9-11-5-4-6-12(17-11)18-3/h4-6,10H,7-9H2,1-3H3,(H3,14,15,16). The molecule has 0 saturated carbocycles. The Bertz CT molecular complexity index is 390. The fraction of sp³-hybridized carbons (Fsp3) is 0.538. The van der Waals surface area contributed by atoms with Gasteiger partial charge < -0.3 is 15.8 Å². The Morgan fingerprint density at radius 1 is 1.50 bits per heavy atom. The summed E-state index contributed by atoms with van der Waals surface area (Å²) in [4.78, 5) is 8.49. The predicted octanol–water partition coefficient (Wildman–Crippen LogP) is 1.54. The monoisotopic (exact) mass is 250 g/mol. The maximum absolute atomic E-state index is 5.76. The van der Waals surface area contributed by atoms with Gasteiger partial charge in [0.05, 0.1) is 19.3 Å². The topological polar surface area (TPSA) is 72.5 Å². The summed E-state index contributed by atoms with van der Waals surface area (Å²) in [6, 6.07) is 5.59. The number of aliphatic imine (C=N–C) groups is 1. The molecule has 0 aliphatic heterocycles. The second-order valence-corrected chi connectivity index (χ2v) is 4.48. The Morgan fingerprint density at radius 3 is 2.94 bits per heavy atom. The molecule has 5 heteroatoms. The van der Waals surface area contributed by atoms with E-state index in [1.807, 2.05) is 12.1 Å². The van der Waals surface area contributed by atoms with Crippen molar-refractivity contribution in [1.29, 1.82) is 0 Å². The van der Waals surface area contributed by atoms with Crippen molar-refractivity contribution in [1.82, 2.24) is 10.3 Å². The molecule has 0 aliphatic rings. The summed E-state index contributed by atoms with van der Waals surface area (Å²) in [7, 11) is 1.59. The normalized spacial score (nSPS) is 11.7. The summed E-state index contributed by atoms with van der Waals surface area (Å²) >= 11 is 0. The van der Waals surface area contributed by atoms with Crippen LogP contribution in [0.5, 0.6) is 5.88 Å². The number of methoxy groups -OCH3 is 1. The largest absolute Gasteiger partial charge is 0.481 e. The lowest BCUT2D eigenvalue weighted by molar-refractivity contribution is 0.396. The fourth-order valence-corrected chi connectivity index (χ4v) is 1.37. The Labute approximate surface area is 108 Å². The van der Waals surface area contributed by atoms with E-state index in [9.17, 15) is 0 Å². The second-order valence-electron chi connectivity index (χ2n) is 4.48. The molecule has 0 aliphatic carbocycles. The van der Waals surface area contributed by atoms with Gasteiger partial charge >= 0.3 is 0 Å². The van der Waals surface area contributed by atoms with Crippen LogP contribution in [0.2, 0.25) is 0 Å². The van der Waals surface area contributed by atoms with Crippen molar-refractivity contribution in [2.24, 2.45) is 16.6 Å². The Hall–Kier alpha value is -1.78. The molecule has 0 saturated heterocycles. The van der Waals surface area contributed by atoms with Crippen molar-refractivity contribution in [3.05, 3.63) is 23.9 Å². The van der Waals surface area contributed by atoms with Gasteiger partial charge in [-0.05, 0) is 18.4 Å². The molecule has 0 spiro atoms. The number of guanidine groups is 1. The molecule has 0 bridgehead atoms. The van der Waals surface area contributed by atoms with Crippen LogP contribution in [0.25, 0.3) is 0 Å². The molecular formula is C13H22N4O. The molecule has 1 heterocycles. The molecule has 1 aromatic heterocycles. The molecule has 5 nitrogen and oxygen atoms in total. The van der Waals surface area contributed by atoms with Crippen LogP contribution in [-0.2, 0) is 6.54 Å². The first-order chi connectivity index (χ1) is 8.61. The molecule has 0 radical (unpaired) electrons. The minimum atomic E-state index is 0.456. The average Bonchev–Trinajstić information content (AvgIpc) is 2.36. The van der Waals surface area contributed by atoms with E-state index in [0.29, 0.717) is 24.3 Å². The molecule has 1 rings (SSSR count). The molecule has 3 N–H and O–H groups in total. The molecular weight excluding hydrogens is 228 g/mol. The third-order valence-electron chi connectivity index (χ3n) is 2.43. The number of nitrogens with two attached hydrogens (primary N) is 1. The number of nitrogens with zero attached hydrogens (tertiary/aromatic N) is 2. The van der Waals surface area contributed by atoms with E-state index < -0.39 is 0 Å². The molecule has 100 valence electrons. The van der Waals surface area contributed by atoms with Crippen LogP contribution in [0.1, 0.15) is 26.0 Å². The third kappa shape index (κ3) is 5.52. The molecule has 0 fully saturated rings.